The number of ether oxygens (including phenoxy) is 4. The summed E-state index contributed by atoms with van der Waals surface area (Å²) in [6, 6.07) is 8.67. The van der Waals surface area contributed by atoms with Gasteiger partial charge in [0.15, 0.2) is 19.8 Å². The molecule has 0 spiro atoms. The lowest BCUT2D eigenvalue weighted by Gasteiger charge is -2.35. The zero-order valence-corrected chi connectivity index (χ0v) is 28.8. The fraction of sp³-hybridized carbons (Fsp3) is 0.394. The van der Waals surface area contributed by atoms with Gasteiger partial charge >= 0.3 is 5.88 Å². The van der Waals surface area contributed by atoms with Gasteiger partial charge in [0.25, 0.3) is 0 Å². The minimum Gasteiger partial charge on any atom is -0.495 e. The van der Waals surface area contributed by atoms with Crippen LogP contribution in [0.5, 0.6) is 23.0 Å². The number of fused-ring (bicyclic) bond motifs is 1. The Bertz CT molecular complexity index is 1820. The molecule has 2 heterocycles. The first-order valence-electron chi connectivity index (χ1n) is 14.5. The molecule has 13 heteroatoms. The molecule has 0 fully saturated rings. The van der Waals surface area contributed by atoms with Gasteiger partial charge in [-0.2, -0.15) is 5.10 Å². The van der Waals surface area contributed by atoms with Gasteiger partial charge in [-0.25, -0.2) is 0 Å². The predicted octanol–water partition coefficient (Wildman–Crippen LogP) is 6.79. The van der Waals surface area contributed by atoms with E-state index in [1.807, 2.05) is 0 Å². The van der Waals surface area contributed by atoms with Crippen LogP contribution in [0.4, 0.5) is 5.88 Å². The minimum absolute atomic E-state index is 0.00810. The summed E-state index contributed by atoms with van der Waals surface area (Å²) >= 11 is 0. The third-order valence-corrected chi connectivity index (χ3v) is 12.8. The van der Waals surface area contributed by atoms with Crippen LogP contribution in [-0.4, -0.2) is 63.9 Å². The summed E-state index contributed by atoms with van der Waals surface area (Å²) in [6.45, 7) is 12.7. The van der Waals surface area contributed by atoms with Crippen LogP contribution < -0.4 is 18.9 Å². The average molecular weight is 650 g/mol. The number of rotatable bonds is 11. The van der Waals surface area contributed by atoms with Crippen LogP contribution in [0.1, 0.15) is 61.1 Å². The molecule has 2 aromatic carbocycles. The highest BCUT2D eigenvalue weighted by Gasteiger charge is 2.37. The molecule has 0 radical (unpaired) electrons. The highest BCUT2D eigenvalue weighted by Crippen LogP contribution is 2.40. The number of benzene rings is 2. The number of ketones is 1. The number of hydrogen-bond acceptors (Lipinski definition) is 10. The molecule has 1 atom stereocenters. The monoisotopic (exact) mass is 649 g/mol. The third-order valence-electron chi connectivity index (χ3n) is 8.29. The molecule has 46 heavy (non-hydrogen) atoms. The van der Waals surface area contributed by atoms with Crippen molar-refractivity contribution in [1.29, 1.82) is 0 Å². The van der Waals surface area contributed by atoms with Crippen molar-refractivity contribution in [2.75, 3.05) is 35.0 Å². The quantitative estimate of drug-likeness (QED) is 0.0562. The largest absolute Gasteiger partial charge is 0.495 e. The summed E-state index contributed by atoms with van der Waals surface area (Å²) in [5.74, 6) is 7.17. The lowest BCUT2D eigenvalue weighted by atomic mass is 10.0. The third kappa shape index (κ3) is 6.45. The molecule has 0 aliphatic heterocycles. The molecule has 244 valence electrons. The summed E-state index contributed by atoms with van der Waals surface area (Å²) in [5, 5.41) is 16.6. The first-order chi connectivity index (χ1) is 21.7. The molecule has 0 aliphatic rings. The number of aromatic nitrogens is 2. The Morgan fingerprint density at radius 3 is 2.17 bits per heavy atom. The Kier molecular flexibility index (Phi) is 9.84. The molecule has 0 aliphatic carbocycles. The number of nitro groups is 1. The van der Waals surface area contributed by atoms with Crippen molar-refractivity contribution < 1.29 is 37.5 Å². The molecular weight excluding hydrogens is 610 g/mol. The number of nitrogens with zero attached hydrogens (tertiary/aromatic N) is 3. The number of methoxy groups -OCH3 is 4. The van der Waals surface area contributed by atoms with Crippen molar-refractivity contribution in [2.45, 2.75) is 51.9 Å². The van der Waals surface area contributed by atoms with Crippen molar-refractivity contribution >= 4 is 30.9 Å². The molecular formula is C33H39N3O9Si. The summed E-state index contributed by atoms with van der Waals surface area (Å²) in [7, 11) is 3.87. The van der Waals surface area contributed by atoms with Crippen LogP contribution in [0.3, 0.4) is 0 Å². The molecule has 0 saturated carbocycles. The van der Waals surface area contributed by atoms with E-state index < -0.39 is 30.9 Å². The molecule has 0 saturated heterocycles. The maximum Gasteiger partial charge on any atom is 0.433 e. The SMILES string of the molecule is COc1cc(C(=O)c2nn(C(C)c3ccc([N+](=O)[O-])o3)c3c(C#CCO[Si](C)(C)C(C)(C)C)c(OC)ccc23)cc(OC)c1OC. The Balaban J connectivity index is 1.94. The zero-order chi connectivity index (χ0) is 34.0. The number of carbonyl (C=O) groups is 1. The molecule has 12 nitrogen and oxygen atoms in total. The zero-order valence-electron chi connectivity index (χ0n) is 27.8. The topological polar surface area (TPSA) is 137 Å². The van der Waals surface area contributed by atoms with Crippen LogP contribution in [0.2, 0.25) is 18.1 Å². The van der Waals surface area contributed by atoms with Gasteiger partial charge in [-0.05, 0) is 55.4 Å². The molecule has 4 rings (SSSR count). The summed E-state index contributed by atoms with van der Waals surface area (Å²) < 4.78 is 35.5. The van der Waals surface area contributed by atoms with Gasteiger partial charge in [0, 0.05) is 10.9 Å². The number of carbonyl (C=O) groups excluding carboxylic acids is 1. The Morgan fingerprint density at radius 1 is 1.02 bits per heavy atom. The van der Waals surface area contributed by atoms with Crippen molar-refractivity contribution in [2.24, 2.45) is 0 Å². The van der Waals surface area contributed by atoms with Crippen molar-refractivity contribution in [3.63, 3.8) is 0 Å². The lowest BCUT2D eigenvalue weighted by Crippen LogP contribution is -2.40. The van der Waals surface area contributed by atoms with Crippen molar-refractivity contribution in [3.05, 3.63) is 69.1 Å². The van der Waals surface area contributed by atoms with E-state index in [1.54, 1.807) is 35.9 Å². The Morgan fingerprint density at radius 2 is 1.65 bits per heavy atom. The van der Waals surface area contributed by atoms with Gasteiger partial charge in [-0.1, -0.05) is 32.6 Å². The highest BCUT2D eigenvalue weighted by molar-refractivity contribution is 6.74. The Labute approximate surface area is 268 Å². The minimum atomic E-state index is -2.06. The molecule has 0 amide bonds. The molecule has 1 unspecified atom stereocenters. The van der Waals surface area contributed by atoms with E-state index >= 15 is 0 Å². The van der Waals surface area contributed by atoms with Gasteiger partial charge < -0.3 is 27.8 Å². The smallest absolute Gasteiger partial charge is 0.433 e. The van der Waals surface area contributed by atoms with E-state index in [0.29, 0.717) is 39.5 Å². The van der Waals surface area contributed by atoms with E-state index in [-0.39, 0.29) is 28.7 Å². The van der Waals surface area contributed by atoms with Gasteiger partial charge in [-0.3, -0.25) is 19.6 Å². The first kappa shape index (κ1) is 34.1. The fourth-order valence-corrected chi connectivity index (χ4v) is 5.51. The van der Waals surface area contributed by atoms with Gasteiger partial charge in [0.05, 0.1) is 52.2 Å². The number of furan rings is 1. The van der Waals surface area contributed by atoms with Gasteiger partial charge in [-0.15, -0.1) is 0 Å². The summed E-state index contributed by atoms with van der Waals surface area (Å²) in [5.41, 5.74) is 1.32. The maximum absolute atomic E-state index is 14.2. The second kappa shape index (κ2) is 13.3. The van der Waals surface area contributed by atoms with E-state index in [0.717, 1.165) is 0 Å². The molecule has 0 N–H and O–H groups in total. The fourth-order valence-electron chi connectivity index (χ4n) is 4.64. The Hall–Kier alpha value is -4.80. The van der Waals surface area contributed by atoms with Gasteiger partial charge in [0.2, 0.25) is 11.5 Å². The van der Waals surface area contributed by atoms with E-state index in [2.05, 4.69) is 45.7 Å². The molecule has 2 aromatic heterocycles. The van der Waals surface area contributed by atoms with E-state index in [9.17, 15) is 14.9 Å². The van der Waals surface area contributed by atoms with Crippen LogP contribution in [0, 0.1) is 22.0 Å². The second-order valence-corrected chi connectivity index (χ2v) is 16.8. The molecule has 4 aromatic rings. The van der Waals surface area contributed by atoms with Gasteiger partial charge in [0.1, 0.15) is 28.2 Å². The maximum atomic E-state index is 14.2. The van der Waals surface area contributed by atoms with Crippen LogP contribution >= 0.6 is 0 Å². The van der Waals surface area contributed by atoms with Crippen LogP contribution in [0.25, 0.3) is 10.9 Å². The first-order valence-corrected chi connectivity index (χ1v) is 17.4. The highest BCUT2D eigenvalue weighted by atomic mass is 28.4. The molecule has 0 bridgehead atoms. The lowest BCUT2D eigenvalue weighted by molar-refractivity contribution is -0.402. The van der Waals surface area contributed by atoms with Crippen molar-refractivity contribution in [3.8, 4) is 34.8 Å². The second-order valence-electron chi connectivity index (χ2n) is 12.0. The summed E-state index contributed by atoms with van der Waals surface area (Å²) in [6.07, 6.45) is 0. The standard InChI is InChI=1S/C33H39N3O9Si/c1-20(24-15-16-28(45-24)36(38)39)35-30-22(12-11-17-44-46(9,10)33(2,3)4)25(40-5)14-13-23(30)29(34-35)31(37)21-18-26(41-6)32(43-8)27(19-21)42-7/h13-16,18-20H,17H2,1-10H3. The normalized spacial score (nSPS) is 12.3. The predicted molar refractivity (Wildman–Crippen MR) is 175 cm³/mol. The number of hydrogen-bond donors (Lipinski definition) is 0. The van der Waals surface area contributed by atoms with E-state index in [4.69, 9.17) is 32.9 Å². The summed E-state index contributed by atoms with van der Waals surface area (Å²) in [4.78, 5) is 24.9. The average Bonchev–Trinajstić information content (AvgIpc) is 3.67. The van der Waals surface area contributed by atoms with Crippen molar-refractivity contribution in [1.82, 2.24) is 9.78 Å². The van der Waals surface area contributed by atoms with E-state index in [1.165, 1.54) is 40.6 Å². The van der Waals surface area contributed by atoms with Crippen LogP contribution in [0.15, 0.2) is 40.8 Å². The van der Waals surface area contributed by atoms with Crippen LogP contribution in [-0.2, 0) is 4.43 Å².